The number of nitrogens with zero attached hydrogens (tertiary/aromatic N) is 1. The summed E-state index contributed by atoms with van der Waals surface area (Å²) in [5.41, 5.74) is 1.30. The topological polar surface area (TPSA) is 134 Å². The van der Waals surface area contributed by atoms with E-state index in [1.807, 2.05) is 61.5 Å². The minimum atomic E-state index is -1.13. The van der Waals surface area contributed by atoms with Gasteiger partial charge in [0.2, 0.25) is 11.8 Å². The van der Waals surface area contributed by atoms with Crippen LogP contribution >= 0.6 is 0 Å². The third-order valence-corrected chi connectivity index (χ3v) is 8.39. The van der Waals surface area contributed by atoms with Gasteiger partial charge in [-0.3, -0.25) is 9.59 Å². The van der Waals surface area contributed by atoms with Gasteiger partial charge >= 0.3 is 12.1 Å². The van der Waals surface area contributed by atoms with E-state index >= 15 is 0 Å². The van der Waals surface area contributed by atoms with E-state index in [2.05, 4.69) is 10.6 Å². The molecule has 1 aliphatic rings. The van der Waals surface area contributed by atoms with Gasteiger partial charge in [0.25, 0.3) is 0 Å². The van der Waals surface area contributed by atoms with Crippen LogP contribution in [-0.2, 0) is 36.7 Å². The Balaban J connectivity index is 1.77. The molecular weight excluding hydrogens is 634 g/mol. The second-order valence-electron chi connectivity index (χ2n) is 14.9. The Bertz CT molecular complexity index is 1620. The quantitative estimate of drug-likeness (QED) is 0.190. The highest BCUT2D eigenvalue weighted by atomic mass is 16.6. The molecule has 1 saturated carbocycles. The van der Waals surface area contributed by atoms with Gasteiger partial charge in [0.05, 0.1) is 0 Å². The first-order valence-corrected chi connectivity index (χ1v) is 17.2. The zero-order valence-electron chi connectivity index (χ0n) is 30.2. The summed E-state index contributed by atoms with van der Waals surface area (Å²) >= 11 is 0. The molecule has 3 unspecified atom stereocenters. The monoisotopic (exact) mass is 685 g/mol. The second-order valence-corrected chi connectivity index (χ2v) is 14.9. The number of carbonyl (C=O) groups excluding carboxylic acids is 4. The first-order valence-electron chi connectivity index (χ1n) is 17.2. The molecule has 0 radical (unpaired) electrons. The van der Waals surface area contributed by atoms with E-state index in [1.54, 1.807) is 58.6 Å². The molecule has 3 aromatic rings. The van der Waals surface area contributed by atoms with Crippen LogP contribution in [0.25, 0.3) is 0 Å². The van der Waals surface area contributed by atoms with Crippen LogP contribution in [0.3, 0.4) is 0 Å². The van der Waals surface area contributed by atoms with Crippen molar-refractivity contribution in [2.75, 3.05) is 0 Å². The number of benzene rings is 3. The maximum Gasteiger partial charge on any atom is 0.408 e. The van der Waals surface area contributed by atoms with Crippen molar-refractivity contribution in [2.24, 2.45) is 0 Å². The van der Waals surface area contributed by atoms with E-state index in [4.69, 9.17) is 9.47 Å². The standard InChI is InChI=1S/C40H51N3O7/c1-26-14-11-12-19-31(26)34(35(45)41-33(37(47)49-39(2,3)4)25-27-15-9-8-10-16-27)43(29-17-13-18-29)36(46)32(42-38(48)50-40(5,6)7)24-28-20-22-30(44)23-21-28/h8-12,14-16,19-23,29,32-34,44H,13,17-18,24-25H2,1-7H3,(H,41,45)(H,42,48). The molecule has 3 N–H and O–H groups in total. The van der Waals surface area contributed by atoms with E-state index in [1.165, 1.54) is 12.1 Å². The van der Waals surface area contributed by atoms with E-state index in [-0.39, 0.29) is 24.6 Å². The van der Waals surface area contributed by atoms with Crippen LogP contribution in [0.2, 0.25) is 0 Å². The molecule has 4 rings (SSSR count). The number of amides is 3. The van der Waals surface area contributed by atoms with Crippen molar-refractivity contribution in [2.45, 2.75) is 116 Å². The predicted octanol–water partition coefficient (Wildman–Crippen LogP) is 6.33. The molecule has 3 aromatic carbocycles. The van der Waals surface area contributed by atoms with Crippen LogP contribution < -0.4 is 10.6 Å². The molecule has 0 bridgehead atoms. The summed E-state index contributed by atoms with van der Waals surface area (Å²) in [5, 5.41) is 15.6. The van der Waals surface area contributed by atoms with Crippen molar-refractivity contribution in [3.8, 4) is 5.75 Å². The largest absolute Gasteiger partial charge is 0.508 e. The van der Waals surface area contributed by atoms with Gasteiger partial charge in [0.1, 0.15) is 35.1 Å². The van der Waals surface area contributed by atoms with Crippen LogP contribution in [0.15, 0.2) is 78.9 Å². The first kappa shape index (κ1) is 38.0. The van der Waals surface area contributed by atoms with E-state index in [0.717, 1.165) is 17.5 Å². The summed E-state index contributed by atoms with van der Waals surface area (Å²) in [6.07, 6.45) is 1.69. The van der Waals surface area contributed by atoms with E-state index in [0.29, 0.717) is 24.0 Å². The second kappa shape index (κ2) is 16.2. The number of aromatic hydroxyl groups is 1. The number of aryl methyl sites for hydroxylation is 1. The predicted molar refractivity (Wildman–Crippen MR) is 191 cm³/mol. The van der Waals surface area contributed by atoms with E-state index in [9.17, 15) is 24.3 Å². The summed E-state index contributed by atoms with van der Waals surface area (Å²) < 4.78 is 11.3. The van der Waals surface area contributed by atoms with Crippen LogP contribution in [0, 0.1) is 6.92 Å². The van der Waals surface area contributed by atoms with Gasteiger partial charge < -0.3 is 30.1 Å². The zero-order valence-corrected chi connectivity index (χ0v) is 30.2. The number of carbonyl (C=O) groups is 4. The van der Waals surface area contributed by atoms with Gasteiger partial charge in [-0.2, -0.15) is 0 Å². The van der Waals surface area contributed by atoms with Gasteiger partial charge in [0.15, 0.2) is 0 Å². The van der Waals surface area contributed by atoms with Crippen molar-refractivity contribution in [3.63, 3.8) is 0 Å². The average molecular weight is 686 g/mol. The number of phenols is 1. The molecule has 3 atom stereocenters. The molecule has 50 heavy (non-hydrogen) atoms. The Hall–Kier alpha value is -4.86. The normalized spacial score (nSPS) is 15.1. The fourth-order valence-electron chi connectivity index (χ4n) is 5.86. The summed E-state index contributed by atoms with van der Waals surface area (Å²) in [4.78, 5) is 58.0. The number of nitrogens with one attached hydrogen (secondary N) is 2. The minimum absolute atomic E-state index is 0.0687. The Morgan fingerprint density at radius 3 is 1.88 bits per heavy atom. The minimum Gasteiger partial charge on any atom is -0.508 e. The van der Waals surface area contributed by atoms with Gasteiger partial charge in [-0.05, 0) is 102 Å². The lowest BCUT2D eigenvalue weighted by Crippen LogP contribution is -2.59. The molecule has 1 fully saturated rings. The molecule has 3 amide bonds. The molecule has 0 aliphatic heterocycles. The van der Waals surface area contributed by atoms with Crippen molar-refractivity contribution >= 4 is 23.9 Å². The first-order chi connectivity index (χ1) is 23.5. The molecule has 0 aromatic heterocycles. The lowest BCUT2D eigenvalue weighted by atomic mass is 9.86. The highest BCUT2D eigenvalue weighted by molar-refractivity contribution is 5.94. The SMILES string of the molecule is Cc1ccccc1C(C(=O)NC(Cc1ccccc1)C(=O)OC(C)(C)C)N(C(=O)C(Cc1ccc(O)cc1)NC(=O)OC(C)(C)C)C1CCC1. The van der Waals surface area contributed by atoms with Crippen molar-refractivity contribution < 1.29 is 33.8 Å². The number of rotatable bonds is 12. The molecule has 0 spiro atoms. The smallest absolute Gasteiger partial charge is 0.408 e. The molecule has 268 valence electrons. The molecule has 10 heteroatoms. The number of esters is 1. The lowest BCUT2D eigenvalue weighted by Gasteiger charge is -2.44. The highest BCUT2D eigenvalue weighted by Gasteiger charge is 2.43. The van der Waals surface area contributed by atoms with Crippen LogP contribution in [0.4, 0.5) is 4.79 Å². The number of alkyl carbamates (subject to hydrolysis) is 1. The maximum absolute atomic E-state index is 14.9. The Labute approximate surface area is 295 Å². The van der Waals surface area contributed by atoms with E-state index < -0.39 is 53.2 Å². The number of hydrogen-bond acceptors (Lipinski definition) is 7. The third kappa shape index (κ3) is 10.8. The molecule has 1 aliphatic carbocycles. The number of phenolic OH excluding ortho intramolecular Hbond substituents is 1. The average Bonchev–Trinajstić information content (AvgIpc) is 2.99. The van der Waals surface area contributed by atoms with Crippen molar-refractivity contribution in [1.29, 1.82) is 0 Å². The van der Waals surface area contributed by atoms with Crippen molar-refractivity contribution in [3.05, 3.63) is 101 Å². The third-order valence-electron chi connectivity index (χ3n) is 8.39. The van der Waals surface area contributed by atoms with Gasteiger partial charge in [0, 0.05) is 18.9 Å². The summed E-state index contributed by atoms with van der Waals surface area (Å²) in [5.74, 6) is -1.52. The van der Waals surface area contributed by atoms with Crippen LogP contribution in [-0.4, -0.2) is 63.2 Å². The number of hydrogen-bond donors (Lipinski definition) is 3. The van der Waals surface area contributed by atoms with Gasteiger partial charge in [-0.15, -0.1) is 0 Å². The van der Waals surface area contributed by atoms with Gasteiger partial charge in [-0.1, -0.05) is 66.7 Å². The number of ether oxygens (including phenoxy) is 2. The van der Waals surface area contributed by atoms with Crippen LogP contribution in [0.1, 0.15) is 89.1 Å². The van der Waals surface area contributed by atoms with Gasteiger partial charge in [-0.25, -0.2) is 9.59 Å². The molecule has 10 nitrogen and oxygen atoms in total. The van der Waals surface area contributed by atoms with Crippen LogP contribution in [0.5, 0.6) is 5.75 Å². The molecule has 0 heterocycles. The molecule has 0 saturated heterocycles. The lowest BCUT2D eigenvalue weighted by molar-refractivity contribution is -0.159. The molecular formula is C40H51N3O7. The fourth-order valence-corrected chi connectivity index (χ4v) is 5.86. The summed E-state index contributed by atoms with van der Waals surface area (Å²) in [6.45, 7) is 12.4. The maximum atomic E-state index is 14.9. The summed E-state index contributed by atoms with van der Waals surface area (Å²) in [6, 6.07) is 19.5. The highest BCUT2D eigenvalue weighted by Crippen LogP contribution is 2.35. The fraction of sp³-hybridized carbons (Fsp3) is 0.450. The zero-order chi connectivity index (χ0) is 36.6. The van der Waals surface area contributed by atoms with Crippen molar-refractivity contribution in [1.82, 2.24) is 15.5 Å². The Kier molecular flexibility index (Phi) is 12.3. The Morgan fingerprint density at radius 2 is 1.32 bits per heavy atom. The summed E-state index contributed by atoms with van der Waals surface area (Å²) in [7, 11) is 0. The Morgan fingerprint density at radius 1 is 0.760 bits per heavy atom.